The smallest absolute Gasteiger partial charge is 0.236 e. The summed E-state index contributed by atoms with van der Waals surface area (Å²) < 4.78 is 6.63. The molecule has 0 aliphatic carbocycles. The maximum Gasteiger partial charge on any atom is 0.236 e. The maximum absolute atomic E-state index is 14.2. The monoisotopic (exact) mass is 413 g/mol. The number of rotatable bonds is 4. The van der Waals surface area contributed by atoms with Crippen molar-refractivity contribution < 1.29 is 14.6 Å². The number of ether oxygens (including phenoxy) is 1. The Hall–Kier alpha value is -2.95. The van der Waals surface area contributed by atoms with Crippen molar-refractivity contribution in [2.75, 3.05) is 6.61 Å². The fourth-order valence-corrected chi connectivity index (χ4v) is 5.41. The minimum absolute atomic E-state index is 0.00460. The van der Waals surface area contributed by atoms with Crippen LogP contribution in [0.2, 0.25) is 0 Å². The molecule has 2 aliphatic rings. The number of amides is 1. The van der Waals surface area contributed by atoms with E-state index in [0.29, 0.717) is 6.42 Å². The number of aliphatic hydroxyl groups is 1. The second kappa shape index (κ2) is 7.33. The van der Waals surface area contributed by atoms with Gasteiger partial charge in [0.2, 0.25) is 5.91 Å². The molecule has 0 aromatic heterocycles. The van der Waals surface area contributed by atoms with E-state index in [1.807, 2.05) is 80.6 Å². The number of carbonyl (C=O) groups is 1. The van der Waals surface area contributed by atoms with Gasteiger partial charge in [-0.15, -0.1) is 0 Å². The van der Waals surface area contributed by atoms with Crippen LogP contribution in [0.4, 0.5) is 0 Å². The van der Waals surface area contributed by atoms with Crippen LogP contribution in [-0.4, -0.2) is 28.6 Å². The van der Waals surface area contributed by atoms with Gasteiger partial charge in [-0.1, -0.05) is 84.9 Å². The molecule has 1 fully saturated rings. The summed E-state index contributed by atoms with van der Waals surface area (Å²) in [5.74, 6) is -0.00460. The molecule has 0 spiro atoms. The normalized spacial score (nSPS) is 29.5. The topological polar surface area (TPSA) is 49.8 Å². The summed E-state index contributed by atoms with van der Waals surface area (Å²) in [6.45, 7) is 3.81. The molecular weight excluding hydrogens is 386 g/mol. The fourth-order valence-electron chi connectivity index (χ4n) is 5.41. The molecule has 1 amide bonds. The summed E-state index contributed by atoms with van der Waals surface area (Å²) >= 11 is 0. The molecule has 2 heterocycles. The molecule has 3 aromatic carbocycles. The molecule has 4 heteroatoms. The highest BCUT2D eigenvalue weighted by atomic mass is 16.5. The number of fused-ring (bicyclic) bond motifs is 3. The third-order valence-electron chi connectivity index (χ3n) is 6.93. The molecule has 4 nitrogen and oxygen atoms in total. The van der Waals surface area contributed by atoms with Gasteiger partial charge < -0.3 is 14.7 Å². The van der Waals surface area contributed by atoms with Crippen LogP contribution < -0.4 is 0 Å². The van der Waals surface area contributed by atoms with E-state index in [0.717, 1.165) is 22.3 Å². The van der Waals surface area contributed by atoms with E-state index in [9.17, 15) is 9.90 Å². The molecule has 0 radical (unpaired) electrons. The van der Waals surface area contributed by atoms with Gasteiger partial charge in [-0.3, -0.25) is 4.79 Å². The molecular formula is C27H27NO3. The predicted octanol–water partition coefficient (Wildman–Crippen LogP) is 4.33. The Morgan fingerprint density at radius 2 is 1.45 bits per heavy atom. The van der Waals surface area contributed by atoms with E-state index in [4.69, 9.17) is 4.74 Å². The van der Waals surface area contributed by atoms with Crippen molar-refractivity contribution >= 4 is 5.91 Å². The molecule has 3 aromatic rings. The Bertz CT molecular complexity index is 1100. The lowest BCUT2D eigenvalue weighted by molar-refractivity contribution is -0.163. The van der Waals surface area contributed by atoms with Gasteiger partial charge in [0.15, 0.2) is 5.72 Å². The number of aliphatic hydroxyl groups excluding tert-OH is 1. The lowest BCUT2D eigenvalue weighted by Gasteiger charge is -2.48. The standard InChI is InChI=1S/C27H27NO3/c1-26(17-19-11-5-3-6-12-19)21-15-9-10-16-22(21)27(2)28(25(26)30)23(18-29)24(31-27)20-13-7-4-8-14-20/h3-16,23-24,29H,17-18H2,1-2H3/t23-,24?,26-,27+/m0/s1. The van der Waals surface area contributed by atoms with Gasteiger partial charge in [0, 0.05) is 5.56 Å². The minimum atomic E-state index is -0.933. The first-order valence-corrected chi connectivity index (χ1v) is 10.8. The summed E-state index contributed by atoms with van der Waals surface area (Å²) in [7, 11) is 0. The zero-order valence-electron chi connectivity index (χ0n) is 17.9. The highest BCUT2D eigenvalue weighted by Gasteiger charge is 2.61. The Balaban J connectivity index is 1.67. The first-order valence-electron chi connectivity index (χ1n) is 10.8. The van der Waals surface area contributed by atoms with E-state index in [1.165, 1.54) is 0 Å². The lowest BCUT2D eigenvalue weighted by Crippen LogP contribution is -2.60. The van der Waals surface area contributed by atoms with Gasteiger partial charge in [-0.25, -0.2) is 0 Å². The molecule has 4 atom stereocenters. The summed E-state index contributed by atoms with van der Waals surface area (Å²) in [5, 5.41) is 10.4. The minimum Gasteiger partial charge on any atom is -0.394 e. The van der Waals surface area contributed by atoms with Crippen LogP contribution in [0, 0.1) is 0 Å². The Morgan fingerprint density at radius 1 is 0.871 bits per heavy atom. The van der Waals surface area contributed by atoms with Crippen molar-refractivity contribution in [3.05, 3.63) is 107 Å². The highest BCUT2D eigenvalue weighted by molar-refractivity contribution is 5.92. The van der Waals surface area contributed by atoms with Gasteiger partial charge in [0.25, 0.3) is 0 Å². The quantitative estimate of drug-likeness (QED) is 0.692. The molecule has 0 saturated carbocycles. The van der Waals surface area contributed by atoms with Gasteiger partial charge in [0.05, 0.1) is 18.1 Å². The fraction of sp³-hybridized carbons (Fsp3) is 0.296. The van der Waals surface area contributed by atoms with Gasteiger partial charge in [-0.2, -0.15) is 0 Å². The molecule has 1 unspecified atom stereocenters. The number of benzene rings is 3. The van der Waals surface area contributed by atoms with Crippen LogP contribution in [0.5, 0.6) is 0 Å². The number of carbonyl (C=O) groups excluding carboxylic acids is 1. The van der Waals surface area contributed by atoms with Crippen molar-refractivity contribution in [1.29, 1.82) is 0 Å². The Labute approximate surface area is 183 Å². The van der Waals surface area contributed by atoms with Gasteiger partial charge in [-0.05, 0) is 37.0 Å². The lowest BCUT2D eigenvalue weighted by atomic mass is 9.69. The van der Waals surface area contributed by atoms with Gasteiger partial charge >= 0.3 is 0 Å². The van der Waals surface area contributed by atoms with Crippen molar-refractivity contribution in [3.63, 3.8) is 0 Å². The van der Waals surface area contributed by atoms with E-state index < -0.39 is 23.3 Å². The number of hydrogen-bond donors (Lipinski definition) is 1. The van der Waals surface area contributed by atoms with Crippen LogP contribution in [-0.2, 0) is 27.1 Å². The maximum atomic E-state index is 14.2. The third kappa shape index (κ3) is 2.93. The summed E-state index contributed by atoms with van der Waals surface area (Å²) in [4.78, 5) is 16.0. The molecule has 1 saturated heterocycles. The summed E-state index contributed by atoms with van der Waals surface area (Å²) in [5.41, 5.74) is 2.37. The second-order valence-corrected chi connectivity index (χ2v) is 8.90. The van der Waals surface area contributed by atoms with Crippen molar-refractivity contribution in [2.45, 2.75) is 43.6 Å². The zero-order chi connectivity index (χ0) is 21.6. The second-order valence-electron chi connectivity index (χ2n) is 8.90. The largest absolute Gasteiger partial charge is 0.394 e. The van der Waals surface area contributed by atoms with Crippen LogP contribution in [0.1, 0.15) is 42.2 Å². The first kappa shape index (κ1) is 20.0. The highest BCUT2D eigenvalue weighted by Crippen LogP contribution is 2.54. The third-order valence-corrected chi connectivity index (χ3v) is 6.93. The SMILES string of the molecule is C[C@@]1(Cc2ccccc2)C(=O)N2[C@@H](CO)C(c3ccccc3)O[C@]2(C)c2ccccc21. The molecule has 2 aliphatic heterocycles. The van der Waals surface area contributed by atoms with Crippen LogP contribution >= 0.6 is 0 Å². The molecule has 31 heavy (non-hydrogen) atoms. The summed E-state index contributed by atoms with van der Waals surface area (Å²) in [6, 6.07) is 27.6. The number of hydrogen-bond acceptors (Lipinski definition) is 3. The molecule has 1 N–H and O–H groups in total. The average Bonchev–Trinajstić information content (AvgIpc) is 3.13. The van der Waals surface area contributed by atoms with Crippen molar-refractivity contribution in [1.82, 2.24) is 4.90 Å². The first-order chi connectivity index (χ1) is 15.0. The van der Waals surface area contributed by atoms with Crippen LogP contribution in [0.25, 0.3) is 0 Å². The number of nitrogens with zero attached hydrogens (tertiary/aromatic N) is 1. The van der Waals surface area contributed by atoms with E-state index in [1.54, 1.807) is 4.90 Å². The van der Waals surface area contributed by atoms with Crippen molar-refractivity contribution in [3.8, 4) is 0 Å². The van der Waals surface area contributed by atoms with Gasteiger partial charge in [0.1, 0.15) is 6.10 Å². The average molecular weight is 414 g/mol. The van der Waals surface area contributed by atoms with E-state index >= 15 is 0 Å². The predicted molar refractivity (Wildman–Crippen MR) is 119 cm³/mol. The Morgan fingerprint density at radius 3 is 2.10 bits per heavy atom. The van der Waals surface area contributed by atoms with Crippen LogP contribution in [0.15, 0.2) is 84.9 Å². The Kier molecular flexibility index (Phi) is 4.72. The molecule has 5 rings (SSSR count). The zero-order valence-corrected chi connectivity index (χ0v) is 17.9. The van der Waals surface area contributed by atoms with Crippen molar-refractivity contribution in [2.24, 2.45) is 0 Å². The van der Waals surface area contributed by atoms with E-state index in [-0.39, 0.29) is 12.5 Å². The summed E-state index contributed by atoms with van der Waals surface area (Å²) in [6.07, 6.45) is 0.192. The van der Waals surface area contributed by atoms with E-state index in [2.05, 4.69) is 18.2 Å². The molecule has 0 bridgehead atoms. The van der Waals surface area contributed by atoms with Crippen LogP contribution in [0.3, 0.4) is 0 Å². The molecule has 158 valence electrons.